The molecule has 2 amide bonds. The van der Waals surface area contributed by atoms with E-state index in [1.165, 1.54) is 0 Å². The van der Waals surface area contributed by atoms with Crippen molar-refractivity contribution < 1.29 is 9.59 Å². The number of likely N-dealkylation sites (tertiary alicyclic amines) is 1. The number of piperidine rings is 1. The largest absolute Gasteiger partial charge is 0.357 e. The minimum absolute atomic E-state index is 0.0323. The number of pyridine rings is 1. The van der Waals surface area contributed by atoms with Gasteiger partial charge in [-0.25, -0.2) is 0 Å². The lowest BCUT2D eigenvalue weighted by Gasteiger charge is -2.48. The van der Waals surface area contributed by atoms with Crippen LogP contribution in [-0.4, -0.2) is 45.9 Å². The molecular formula is C22H26N4O3. The van der Waals surface area contributed by atoms with E-state index in [0.717, 1.165) is 31.4 Å². The molecule has 29 heavy (non-hydrogen) atoms. The summed E-state index contributed by atoms with van der Waals surface area (Å²) in [6, 6.07) is 8.75. The third kappa shape index (κ3) is 3.18. The van der Waals surface area contributed by atoms with E-state index in [4.69, 9.17) is 0 Å². The highest BCUT2D eigenvalue weighted by Gasteiger charge is 2.43. The maximum Gasteiger partial charge on any atom is 0.267 e. The first kappa shape index (κ1) is 18.2. The predicted octanol–water partition coefficient (Wildman–Crippen LogP) is 1.89. The third-order valence-corrected chi connectivity index (χ3v) is 6.88. The Bertz CT molecular complexity index is 976. The molecule has 3 atom stereocenters. The number of rotatable bonds is 4. The molecule has 4 heterocycles. The number of hydrogen-bond acceptors (Lipinski definition) is 3. The number of fused-ring (bicyclic) bond motifs is 4. The average Bonchev–Trinajstić information content (AvgIpc) is 3.21. The topological polar surface area (TPSA) is 87.2 Å². The number of aromatic amines is 1. The summed E-state index contributed by atoms with van der Waals surface area (Å²) in [5.74, 6) is 0.613. The molecule has 2 aromatic heterocycles. The van der Waals surface area contributed by atoms with Crippen LogP contribution in [0.2, 0.25) is 0 Å². The van der Waals surface area contributed by atoms with Gasteiger partial charge in [-0.1, -0.05) is 12.5 Å². The van der Waals surface area contributed by atoms with Crippen molar-refractivity contribution in [2.45, 2.75) is 37.6 Å². The predicted molar refractivity (Wildman–Crippen MR) is 108 cm³/mol. The maximum absolute atomic E-state index is 12.9. The molecule has 1 saturated carbocycles. The molecule has 2 fully saturated rings. The summed E-state index contributed by atoms with van der Waals surface area (Å²) in [7, 11) is 0. The van der Waals surface area contributed by atoms with Gasteiger partial charge in [0.05, 0.1) is 6.04 Å². The van der Waals surface area contributed by atoms with Crippen LogP contribution in [0.4, 0.5) is 0 Å². The first-order valence-electron chi connectivity index (χ1n) is 10.5. The van der Waals surface area contributed by atoms with Crippen molar-refractivity contribution in [3.8, 4) is 0 Å². The van der Waals surface area contributed by atoms with Crippen molar-refractivity contribution in [1.82, 2.24) is 19.8 Å². The fourth-order valence-corrected chi connectivity index (χ4v) is 5.16. The van der Waals surface area contributed by atoms with Gasteiger partial charge in [-0.05, 0) is 43.4 Å². The molecule has 7 heteroatoms. The van der Waals surface area contributed by atoms with Crippen molar-refractivity contribution in [3.05, 3.63) is 58.3 Å². The monoisotopic (exact) mass is 394 g/mol. The lowest BCUT2D eigenvalue weighted by Crippen LogP contribution is -2.54. The lowest BCUT2D eigenvalue weighted by molar-refractivity contribution is -0.141. The minimum atomic E-state index is -0.180. The second-order valence-electron chi connectivity index (χ2n) is 8.58. The fourth-order valence-electron chi connectivity index (χ4n) is 5.16. The van der Waals surface area contributed by atoms with E-state index in [1.807, 2.05) is 15.5 Å². The summed E-state index contributed by atoms with van der Waals surface area (Å²) in [6.45, 7) is 1.73. The van der Waals surface area contributed by atoms with Crippen molar-refractivity contribution in [1.29, 1.82) is 0 Å². The molecule has 1 aliphatic carbocycles. The number of H-pyrrole nitrogens is 1. The highest BCUT2D eigenvalue weighted by Crippen LogP contribution is 2.42. The Labute approximate surface area is 169 Å². The smallest absolute Gasteiger partial charge is 0.267 e. The van der Waals surface area contributed by atoms with Gasteiger partial charge in [0.25, 0.3) is 11.5 Å². The Morgan fingerprint density at radius 3 is 2.72 bits per heavy atom. The van der Waals surface area contributed by atoms with E-state index < -0.39 is 0 Å². The maximum atomic E-state index is 12.9. The van der Waals surface area contributed by atoms with Gasteiger partial charge in [0, 0.05) is 49.4 Å². The SMILES string of the molecule is O=C(NC[C@H]1[C@H]2C[C@H](CN(C(=O)C3CCC3)C2)c2cccc(=O)n21)c1ccc[nH]1. The highest BCUT2D eigenvalue weighted by molar-refractivity contribution is 5.92. The van der Waals surface area contributed by atoms with E-state index in [9.17, 15) is 14.4 Å². The number of carbonyl (C=O) groups excluding carboxylic acids is 2. The summed E-state index contributed by atoms with van der Waals surface area (Å²) in [6.07, 6.45) is 5.79. The van der Waals surface area contributed by atoms with Gasteiger partial charge in [-0.2, -0.15) is 0 Å². The first-order valence-corrected chi connectivity index (χ1v) is 10.5. The second-order valence-corrected chi connectivity index (χ2v) is 8.58. The third-order valence-electron chi connectivity index (χ3n) is 6.88. The van der Waals surface area contributed by atoms with Crippen molar-refractivity contribution >= 4 is 11.8 Å². The summed E-state index contributed by atoms with van der Waals surface area (Å²) in [5.41, 5.74) is 1.46. The molecule has 1 saturated heterocycles. The molecule has 2 aliphatic heterocycles. The molecule has 0 unspecified atom stereocenters. The van der Waals surface area contributed by atoms with Gasteiger partial charge in [0.1, 0.15) is 5.69 Å². The molecule has 3 aliphatic rings. The second kappa shape index (κ2) is 7.21. The Morgan fingerprint density at radius 1 is 1.14 bits per heavy atom. The highest BCUT2D eigenvalue weighted by atomic mass is 16.2. The number of carbonyl (C=O) groups is 2. The van der Waals surface area contributed by atoms with E-state index in [0.29, 0.717) is 25.3 Å². The quantitative estimate of drug-likeness (QED) is 0.830. The fraction of sp³-hybridized carbons (Fsp3) is 0.500. The summed E-state index contributed by atoms with van der Waals surface area (Å²) < 4.78 is 1.86. The van der Waals surface area contributed by atoms with Crippen molar-refractivity contribution in [3.63, 3.8) is 0 Å². The number of nitrogens with zero attached hydrogens (tertiary/aromatic N) is 2. The Morgan fingerprint density at radius 2 is 2.00 bits per heavy atom. The average molecular weight is 394 g/mol. The van der Waals surface area contributed by atoms with Crippen LogP contribution in [0.25, 0.3) is 0 Å². The normalized spacial score (nSPS) is 25.8. The van der Waals surface area contributed by atoms with Crippen LogP contribution in [-0.2, 0) is 4.79 Å². The van der Waals surface area contributed by atoms with Crippen molar-refractivity contribution in [2.24, 2.45) is 11.8 Å². The molecule has 152 valence electrons. The van der Waals surface area contributed by atoms with Crippen LogP contribution >= 0.6 is 0 Å². The van der Waals surface area contributed by atoms with Crippen LogP contribution in [0, 0.1) is 11.8 Å². The molecule has 2 N–H and O–H groups in total. The van der Waals surface area contributed by atoms with Gasteiger partial charge in [-0.3, -0.25) is 14.4 Å². The van der Waals surface area contributed by atoms with Crippen molar-refractivity contribution in [2.75, 3.05) is 19.6 Å². The molecular weight excluding hydrogens is 368 g/mol. The standard InChI is InChI=1S/C22H26N4O3/c27-20-8-2-7-18-15-10-16(13-25(12-15)22(29)14-4-1-5-14)19(26(18)20)11-24-21(28)17-6-3-9-23-17/h2-3,6-9,14-16,19,23H,1,4-5,10-13H2,(H,24,28)/t15-,16+,19+/m1/s1. The van der Waals surface area contributed by atoms with Crippen LogP contribution in [0.15, 0.2) is 41.3 Å². The zero-order valence-electron chi connectivity index (χ0n) is 16.3. The lowest BCUT2D eigenvalue weighted by atomic mass is 9.77. The van der Waals surface area contributed by atoms with Gasteiger partial charge in [-0.15, -0.1) is 0 Å². The Balaban J connectivity index is 1.42. The minimum Gasteiger partial charge on any atom is -0.357 e. The molecule has 2 aromatic rings. The number of nitrogens with one attached hydrogen (secondary N) is 2. The Kier molecular flexibility index (Phi) is 4.53. The van der Waals surface area contributed by atoms with Crippen LogP contribution in [0.1, 0.15) is 53.8 Å². The molecule has 7 nitrogen and oxygen atoms in total. The molecule has 0 spiro atoms. The molecule has 0 aromatic carbocycles. The van der Waals surface area contributed by atoms with E-state index in [-0.39, 0.29) is 41.2 Å². The van der Waals surface area contributed by atoms with E-state index in [2.05, 4.69) is 10.3 Å². The number of aromatic nitrogens is 2. The number of hydrogen-bond donors (Lipinski definition) is 2. The Hall–Kier alpha value is -2.83. The molecule has 5 rings (SSSR count). The zero-order valence-corrected chi connectivity index (χ0v) is 16.3. The van der Waals surface area contributed by atoms with Gasteiger partial charge in [0.2, 0.25) is 5.91 Å². The number of amides is 2. The van der Waals surface area contributed by atoms with Gasteiger partial charge < -0.3 is 19.8 Å². The summed E-state index contributed by atoms with van der Waals surface area (Å²) in [4.78, 5) is 43.0. The van der Waals surface area contributed by atoms with E-state index in [1.54, 1.807) is 30.5 Å². The van der Waals surface area contributed by atoms with Gasteiger partial charge >= 0.3 is 0 Å². The molecule has 2 bridgehead atoms. The summed E-state index contributed by atoms with van der Waals surface area (Å²) >= 11 is 0. The van der Waals surface area contributed by atoms with E-state index >= 15 is 0 Å². The molecule has 0 radical (unpaired) electrons. The van der Waals surface area contributed by atoms with Crippen LogP contribution in [0.3, 0.4) is 0 Å². The first-order chi connectivity index (χ1) is 14.1. The van der Waals surface area contributed by atoms with Gasteiger partial charge in [0.15, 0.2) is 0 Å². The summed E-state index contributed by atoms with van der Waals surface area (Å²) in [5, 5.41) is 2.98. The zero-order chi connectivity index (χ0) is 20.0. The van der Waals surface area contributed by atoms with Crippen LogP contribution < -0.4 is 10.9 Å². The van der Waals surface area contributed by atoms with Crippen LogP contribution in [0.5, 0.6) is 0 Å².